The van der Waals surface area contributed by atoms with Gasteiger partial charge in [-0.15, -0.1) is 11.8 Å². The fourth-order valence-electron chi connectivity index (χ4n) is 3.84. The van der Waals surface area contributed by atoms with E-state index in [1.807, 2.05) is 94.4 Å². The molecule has 3 aromatic carbocycles. The monoisotopic (exact) mass is 427 g/mol. The van der Waals surface area contributed by atoms with Crippen molar-refractivity contribution >= 4 is 34.8 Å². The Morgan fingerprint density at radius 1 is 0.742 bits per heavy atom. The maximum atomic E-state index is 13.6. The van der Waals surface area contributed by atoms with Crippen LogP contribution in [0.1, 0.15) is 33.4 Å². The predicted molar refractivity (Wildman–Crippen MR) is 129 cm³/mol. The fraction of sp³-hybridized carbons (Fsp3) is 0.185. The van der Waals surface area contributed by atoms with E-state index in [2.05, 4.69) is 0 Å². The molecule has 0 bridgehead atoms. The van der Waals surface area contributed by atoms with E-state index in [0.717, 1.165) is 33.4 Å². The lowest BCUT2D eigenvalue weighted by molar-refractivity contribution is -0.119. The number of carbonyl (C=O) groups is 2. The molecule has 0 atom stereocenters. The quantitative estimate of drug-likeness (QED) is 0.459. The van der Waals surface area contributed by atoms with Crippen LogP contribution in [0.25, 0.3) is 5.57 Å². The lowest BCUT2D eigenvalue weighted by Crippen LogP contribution is -2.31. The first kappa shape index (κ1) is 21.1. The molecule has 4 rings (SSSR count). The number of carbonyl (C=O) groups excluding carboxylic acids is 2. The molecule has 0 saturated heterocycles. The zero-order chi connectivity index (χ0) is 22.1. The molecule has 0 aromatic heterocycles. The fourth-order valence-corrected chi connectivity index (χ4v) is 4.91. The van der Waals surface area contributed by atoms with Crippen LogP contribution in [0.15, 0.2) is 71.6 Å². The van der Waals surface area contributed by atoms with Crippen LogP contribution in [0.3, 0.4) is 0 Å². The number of rotatable bonds is 5. The number of anilines is 1. The van der Waals surface area contributed by atoms with Crippen LogP contribution in [0.4, 0.5) is 5.69 Å². The highest BCUT2D eigenvalue weighted by atomic mass is 32.2. The summed E-state index contributed by atoms with van der Waals surface area (Å²) in [6.07, 6.45) is 0. The summed E-state index contributed by atoms with van der Waals surface area (Å²) in [7, 11) is 0. The van der Waals surface area contributed by atoms with Gasteiger partial charge >= 0.3 is 0 Å². The van der Waals surface area contributed by atoms with Crippen LogP contribution in [-0.4, -0.2) is 11.8 Å². The maximum absolute atomic E-state index is 13.6. The van der Waals surface area contributed by atoms with Gasteiger partial charge in [0.25, 0.3) is 11.8 Å². The number of imide groups is 1. The van der Waals surface area contributed by atoms with Gasteiger partial charge in [0.1, 0.15) is 0 Å². The summed E-state index contributed by atoms with van der Waals surface area (Å²) in [6.45, 7) is 8.02. The second-order valence-corrected chi connectivity index (χ2v) is 9.05. The van der Waals surface area contributed by atoms with Crippen molar-refractivity contribution in [2.75, 3.05) is 4.90 Å². The molecular weight excluding hydrogens is 402 g/mol. The lowest BCUT2D eigenvalue weighted by atomic mass is 10.0. The molecule has 3 aromatic rings. The summed E-state index contributed by atoms with van der Waals surface area (Å²) in [6, 6.07) is 21.8. The van der Waals surface area contributed by atoms with Crippen LogP contribution in [0.2, 0.25) is 0 Å². The molecule has 3 nitrogen and oxygen atoms in total. The Labute approximate surface area is 187 Å². The topological polar surface area (TPSA) is 37.4 Å². The van der Waals surface area contributed by atoms with E-state index in [9.17, 15) is 9.59 Å². The third-order valence-corrected chi connectivity index (χ3v) is 6.67. The van der Waals surface area contributed by atoms with Gasteiger partial charge < -0.3 is 0 Å². The van der Waals surface area contributed by atoms with Gasteiger partial charge in [-0.05, 0) is 73.2 Å². The highest BCUT2D eigenvalue weighted by Crippen LogP contribution is 2.40. The normalized spacial score (nSPS) is 14.0. The summed E-state index contributed by atoms with van der Waals surface area (Å²) < 4.78 is 0. The van der Waals surface area contributed by atoms with E-state index >= 15 is 0 Å². The molecule has 0 N–H and O–H groups in total. The molecule has 2 amide bonds. The molecule has 0 spiro atoms. The van der Waals surface area contributed by atoms with E-state index in [1.54, 1.807) is 0 Å². The molecule has 0 saturated carbocycles. The number of hydrogen-bond donors (Lipinski definition) is 0. The zero-order valence-corrected chi connectivity index (χ0v) is 19.0. The average Bonchev–Trinajstić information content (AvgIpc) is 2.98. The second-order valence-electron chi connectivity index (χ2n) is 8.07. The smallest absolute Gasteiger partial charge is 0.268 e. The Kier molecular flexibility index (Phi) is 5.84. The summed E-state index contributed by atoms with van der Waals surface area (Å²) >= 11 is 1.44. The van der Waals surface area contributed by atoms with Crippen LogP contribution >= 0.6 is 11.8 Å². The molecule has 0 fully saturated rings. The summed E-state index contributed by atoms with van der Waals surface area (Å²) in [5, 5.41) is 0. The predicted octanol–water partition coefficient (Wildman–Crippen LogP) is 6.14. The largest absolute Gasteiger partial charge is 0.272 e. The van der Waals surface area contributed by atoms with E-state index in [0.29, 0.717) is 21.9 Å². The SMILES string of the molecule is Cc1cc(C)cc(N2C(=O)C(SCc3ccccc3)=C(c3ccc(C)c(C)c3)C2=O)c1. The summed E-state index contributed by atoms with van der Waals surface area (Å²) in [5.74, 6) is 0.127. The number of hydrogen-bond acceptors (Lipinski definition) is 3. The first-order valence-electron chi connectivity index (χ1n) is 10.3. The van der Waals surface area contributed by atoms with Crippen molar-refractivity contribution in [3.05, 3.63) is 105 Å². The Morgan fingerprint density at radius 3 is 2.06 bits per heavy atom. The number of nitrogens with zero attached hydrogens (tertiary/aromatic N) is 1. The highest BCUT2D eigenvalue weighted by Gasteiger charge is 2.40. The minimum Gasteiger partial charge on any atom is -0.268 e. The third-order valence-electron chi connectivity index (χ3n) is 5.53. The minimum absolute atomic E-state index is 0.246. The van der Waals surface area contributed by atoms with Crippen molar-refractivity contribution in [2.45, 2.75) is 33.4 Å². The van der Waals surface area contributed by atoms with E-state index in [-0.39, 0.29) is 11.8 Å². The molecule has 0 unspecified atom stereocenters. The second kappa shape index (κ2) is 8.56. The van der Waals surface area contributed by atoms with Crippen LogP contribution in [0, 0.1) is 27.7 Å². The van der Waals surface area contributed by atoms with Crippen molar-refractivity contribution in [3.8, 4) is 0 Å². The van der Waals surface area contributed by atoms with Crippen LogP contribution < -0.4 is 4.90 Å². The molecule has 1 aliphatic heterocycles. The van der Waals surface area contributed by atoms with Gasteiger partial charge in [-0.3, -0.25) is 9.59 Å². The van der Waals surface area contributed by atoms with Crippen molar-refractivity contribution in [2.24, 2.45) is 0 Å². The van der Waals surface area contributed by atoms with Gasteiger partial charge in [-0.25, -0.2) is 4.90 Å². The number of aryl methyl sites for hydroxylation is 4. The van der Waals surface area contributed by atoms with E-state index < -0.39 is 0 Å². The van der Waals surface area contributed by atoms with Crippen molar-refractivity contribution in [1.82, 2.24) is 0 Å². The van der Waals surface area contributed by atoms with Gasteiger partial charge in [0, 0.05) is 5.75 Å². The van der Waals surface area contributed by atoms with E-state index in [4.69, 9.17) is 0 Å². The maximum Gasteiger partial charge on any atom is 0.272 e. The molecule has 0 aliphatic carbocycles. The Bertz CT molecular complexity index is 1190. The van der Waals surface area contributed by atoms with Gasteiger partial charge in [-0.1, -0.05) is 54.6 Å². The number of benzene rings is 3. The highest BCUT2D eigenvalue weighted by molar-refractivity contribution is 8.03. The molecular formula is C27H25NO2S. The van der Waals surface area contributed by atoms with Gasteiger partial charge in [-0.2, -0.15) is 0 Å². The Balaban J connectivity index is 1.79. The molecule has 1 aliphatic rings. The average molecular weight is 428 g/mol. The summed E-state index contributed by atoms with van der Waals surface area (Å²) in [5.41, 5.74) is 7.33. The standard InChI is InChI=1S/C27H25NO2S/c1-17-12-18(2)14-23(13-17)28-26(29)24(22-11-10-19(3)20(4)15-22)25(27(28)30)31-16-21-8-6-5-7-9-21/h5-15H,16H2,1-4H3. The Hall–Kier alpha value is -3.11. The zero-order valence-electron chi connectivity index (χ0n) is 18.2. The van der Waals surface area contributed by atoms with Crippen molar-refractivity contribution in [1.29, 1.82) is 0 Å². The molecule has 156 valence electrons. The molecule has 31 heavy (non-hydrogen) atoms. The minimum atomic E-state index is -0.256. The van der Waals surface area contributed by atoms with Gasteiger partial charge in [0.15, 0.2) is 0 Å². The first-order valence-corrected chi connectivity index (χ1v) is 11.3. The van der Waals surface area contributed by atoms with E-state index in [1.165, 1.54) is 16.7 Å². The van der Waals surface area contributed by atoms with Crippen LogP contribution in [-0.2, 0) is 15.3 Å². The number of thioether (sulfide) groups is 1. The number of amides is 2. The van der Waals surface area contributed by atoms with Gasteiger partial charge in [0.05, 0.1) is 16.2 Å². The lowest BCUT2D eigenvalue weighted by Gasteiger charge is -2.17. The Morgan fingerprint density at radius 2 is 1.42 bits per heavy atom. The molecule has 4 heteroatoms. The third kappa shape index (κ3) is 4.21. The van der Waals surface area contributed by atoms with Crippen molar-refractivity contribution in [3.63, 3.8) is 0 Å². The molecule has 1 heterocycles. The van der Waals surface area contributed by atoms with Crippen molar-refractivity contribution < 1.29 is 9.59 Å². The first-order chi connectivity index (χ1) is 14.8. The summed E-state index contributed by atoms with van der Waals surface area (Å²) in [4.78, 5) is 29.0. The van der Waals surface area contributed by atoms with Crippen LogP contribution in [0.5, 0.6) is 0 Å². The molecule has 0 radical (unpaired) electrons. The van der Waals surface area contributed by atoms with Gasteiger partial charge in [0.2, 0.25) is 0 Å².